The lowest BCUT2D eigenvalue weighted by Gasteiger charge is -2.04. The minimum Gasteiger partial charge on any atom is -0.431 e. The van der Waals surface area contributed by atoms with Gasteiger partial charge in [-0.3, -0.25) is 0 Å². The van der Waals surface area contributed by atoms with E-state index in [2.05, 4.69) is 15.0 Å². The summed E-state index contributed by atoms with van der Waals surface area (Å²) < 4.78 is 30.0. The summed E-state index contributed by atoms with van der Waals surface area (Å²) in [7, 11) is -3.36. The van der Waals surface area contributed by atoms with Crippen LogP contribution < -0.4 is 10.0 Å². The zero-order valence-corrected chi connectivity index (χ0v) is 9.60. The highest BCUT2D eigenvalue weighted by molar-refractivity contribution is 7.92. The van der Waals surface area contributed by atoms with Gasteiger partial charge in [0, 0.05) is 6.54 Å². The summed E-state index contributed by atoms with van der Waals surface area (Å²) >= 11 is 0. The van der Waals surface area contributed by atoms with Crippen LogP contribution in [0.1, 0.15) is 12.6 Å². The van der Waals surface area contributed by atoms with Crippen LogP contribution in [0.25, 0.3) is 0 Å². The molecule has 0 fully saturated rings. The summed E-state index contributed by atoms with van der Waals surface area (Å²) in [5.74, 6) is 0.00225. The molecule has 0 aliphatic carbocycles. The third-order valence-corrected chi connectivity index (χ3v) is 2.89. The maximum atomic E-state index is 11.4. The Morgan fingerprint density at radius 1 is 1.53 bits per heavy atom. The lowest BCUT2D eigenvalue weighted by atomic mass is 10.6. The topological polar surface area (TPSA) is 84.2 Å². The predicted octanol–water partition coefficient (Wildman–Crippen LogP) is 0.334. The van der Waals surface area contributed by atoms with Gasteiger partial charge in [-0.2, -0.15) is 4.98 Å². The van der Waals surface area contributed by atoms with E-state index in [1.807, 2.05) is 6.92 Å². The molecule has 0 atom stereocenters. The molecule has 6 nitrogen and oxygen atoms in total. The fourth-order valence-corrected chi connectivity index (χ4v) is 1.84. The summed E-state index contributed by atoms with van der Waals surface area (Å²) in [4.78, 5) is 3.85. The smallest absolute Gasteiger partial charge is 0.308 e. The quantitative estimate of drug-likeness (QED) is 0.692. The molecule has 0 saturated heterocycles. The predicted molar refractivity (Wildman–Crippen MR) is 57.2 cm³/mol. The van der Waals surface area contributed by atoms with E-state index in [0.717, 1.165) is 6.54 Å². The first kappa shape index (κ1) is 12.0. The van der Waals surface area contributed by atoms with Gasteiger partial charge in [-0.05, 0) is 13.5 Å². The third kappa shape index (κ3) is 4.30. The molecular weight excluding hydrogens is 218 g/mol. The first-order valence-electron chi connectivity index (χ1n) is 4.67. The molecule has 86 valence electrons. The lowest BCUT2D eigenvalue weighted by molar-refractivity contribution is 0.568. The number of oxazole rings is 1. The molecule has 0 bridgehead atoms. The highest BCUT2D eigenvalue weighted by Gasteiger charge is 2.12. The van der Waals surface area contributed by atoms with Gasteiger partial charge in [0.05, 0.1) is 11.4 Å². The number of hydrogen-bond donors (Lipinski definition) is 2. The van der Waals surface area contributed by atoms with E-state index in [1.165, 1.54) is 6.26 Å². The average Bonchev–Trinajstić information content (AvgIpc) is 2.50. The molecule has 0 aliphatic heterocycles. The van der Waals surface area contributed by atoms with Crippen LogP contribution in [0.5, 0.6) is 0 Å². The number of hydrogen-bond acceptors (Lipinski definition) is 5. The minimum absolute atomic E-state index is 0.00225. The Morgan fingerprint density at radius 2 is 2.27 bits per heavy atom. The Bertz CT molecular complexity index is 399. The molecule has 0 amide bonds. The zero-order chi connectivity index (χ0) is 11.3. The van der Waals surface area contributed by atoms with E-state index < -0.39 is 10.0 Å². The van der Waals surface area contributed by atoms with Gasteiger partial charge < -0.3 is 9.73 Å². The molecule has 15 heavy (non-hydrogen) atoms. The SMILES string of the molecule is CCNCCS(=O)(=O)Nc1nc(C)co1. The summed E-state index contributed by atoms with van der Waals surface area (Å²) in [6, 6.07) is 0.0176. The van der Waals surface area contributed by atoms with Gasteiger partial charge in [-0.1, -0.05) is 6.92 Å². The van der Waals surface area contributed by atoms with E-state index in [1.54, 1.807) is 6.92 Å². The van der Waals surface area contributed by atoms with E-state index in [9.17, 15) is 8.42 Å². The van der Waals surface area contributed by atoms with Gasteiger partial charge in [-0.25, -0.2) is 13.1 Å². The molecular formula is C8H15N3O3S. The normalized spacial score (nSPS) is 11.6. The van der Waals surface area contributed by atoms with Crippen LogP contribution in [-0.4, -0.2) is 32.2 Å². The van der Waals surface area contributed by atoms with Crippen LogP contribution in [0.3, 0.4) is 0 Å². The van der Waals surface area contributed by atoms with Gasteiger partial charge >= 0.3 is 6.01 Å². The second-order valence-corrected chi connectivity index (χ2v) is 4.91. The van der Waals surface area contributed by atoms with E-state index in [0.29, 0.717) is 12.2 Å². The van der Waals surface area contributed by atoms with Crippen molar-refractivity contribution in [2.75, 3.05) is 23.6 Å². The minimum atomic E-state index is -3.36. The van der Waals surface area contributed by atoms with Gasteiger partial charge in [-0.15, -0.1) is 0 Å². The number of rotatable bonds is 6. The van der Waals surface area contributed by atoms with Crippen molar-refractivity contribution >= 4 is 16.0 Å². The fraction of sp³-hybridized carbons (Fsp3) is 0.625. The Balaban J connectivity index is 2.49. The largest absolute Gasteiger partial charge is 0.431 e. The lowest BCUT2D eigenvalue weighted by Crippen LogP contribution is -2.26. The summed E-state index contributed by atoms with van der Waals surface area (Å²) in [5.41, 5.74) is 0.638. The second-order valence-electron chi connectivity index (χ2n) is 3.07. The molecule has 0 spiro atoms. The first-order valence-corrected chi connectivity index (χ1v) is 6.32. The monoisotopic (exact) mass is 233 g/mol. The summed E-state index contributed by atoms with van der Waals surface area (Å²) in [6.07, 6.45) is 1.39. The van der Waals surface area contributed by atoms with E-state index in [4.69, 9.17) is 4.42 Å². The Kier molecular flexibility index (Phi) is 4.10. The molecule has 1 heterocycles. The molecule has 2 N–H and O–H groups in total. The third-order valence-electron chi connectivity index (χ3n) is 1.66. The number of anilines is 1. The number of sulfonamides is 1. The first-order chi connectivity index (χ1) is 7.03. The van der Waals surface area contributed by atoms with Gasteiger partial charge in [0.1, 0.15) is 6.26 Å². The van der Waals surface area contributed by atoms with Crippen molar-refractivity contribution in [1.29, 1.82) is 0 Å². The fourth-order valence-electron chi connectivity index (χ4n) is 0.968. The molecule has 0 radical (unpaired) electrons. The van der Waals surface area contributed by atoms with Crippen molar-refractivity contribution in [3.05, 3.63) is 12.0 Å². The Labute approximate surface area is 89.1 Å². The van der Waals surface area contributed by atoms with Crippen LogP contribution in [0.15, 0.2) is 10.7 Å². The Morgan fingerprint density at radius 3 is 2.80 bits per heavy atom. The van der Waals surface area contributed by atoms with Crippen molar-refractivity contribution in [3.8, 4) is 0 Å². The number of nitrogens with zero attached hydrogens (tertiary/aromatic N) is 1. The van der Waals surface area contributed by atoms with Crippen molar-refractivity contribution in [3.63, 3.8) is 0 Å². The van der Waals surface area contributed by atoms with Crippen LogP contribution in [-0.2, 0) is 10.0 Å². The van der Waals surface area contributed by atoms with E-state index in [-0.39, 0.29) is 11.8 Å². The van der Waals surface area contributed by atoms with Gasteiger partial charge in [0.2, 0.25) is 10.0 Å². The number of aromatic nitrogens is 1. The van der Waals surface area contributed by atoms with Crippen LogP contribution in [0, 0.1) is 6.92 Å². The zero-order valence-electron chi connectivity index (χ0n) is 8.78. The van der Waals surface area contributed by atoms with E-state index >= 15 is 0 Å². The summed E-state index contributed by atoms with van der Waals surface area (Å²) in [6.45, 7) is 4.79. The van der Waals surface area contributed by atoms with Crippen LogP contribution in [0.2, 0.25) is 0 Å². The highest BCUT2D eigenvalue weighted by Crippen LogP contribution is 2.07. The molecule has 1 rings (SSSR count). The molecule has 0 unspecified atom stereocenters. The maximum absolute atomic E-state index is 11.4. The van der Waals surface area contributed by atoms with Crippen LogP contribution in [0.4, 0.5) is 6.01 Å². The molecule has 7 heteroatoms. The van der Waals surface area contributed by atoms with Gasteiger partial charge in [0.15, 0.2) is 0 Å². The number of nitrogens with one attached hydrogen (secondary N) is 2. The molecule has 1 aromatic rings. The standard InChI is InChI=1S/C8H15N3O3S/c1-3-9-4-5-15(12,13)11-8-10-7(2)6-14-8/h6,9H,3-5H2,1-2H3,(H,10,11). The molecule has 0 aliphatic rings. The summed E-state index contributed by atoms with van der Waals surface area (Å²) in [5, 5.41) is 2.93. The average molecular weight is 233 g/mol. The Hall–Kier alpha value is -1.08. The molecule has 0 saturated carbocycles. The van der Waals surface area contributed by atoms with Crippen molar-refractivity contribution in [2.45, 2.75) is 13.8 Å². The van der Waals surface area contributed by atoms with Crippen LogP contribution >= 0.6 is 0 Å². The van der Waals surface area contributed by atoms with Crippen molar-refractivity contribution < 1.29 is 12.8 Å². The van der Waals surface area contributed by atoms with Crippen molar-refractivity contribution in [1.82, 2.24) is 10.3 Å². The maximum Gasteiger partial charge on any atom is 0.308 e. The van der Waals surface area contributed by atoms with Gasteiger partial charge in [0.25, 0.3) is 0 Å². The number of aryl methyl sites for hydroxylation is 1. The molecule has 0 aromatic carbocycles. The second kappa shape index (κ2) is 5.13. The molecule has 1 aromatic heterocycles. The highest BCUT2D eigenvalue weighted by atomic mass is 32.2. The van der Waals surface area contributed by atoms with Crippen molar-refractivity contribution in [2.24, 2.45) is 0 Å².